The molecule has 4 nitrogen and oxygen atoms in total. The van der Waals surface area contributed by atoms with Crippen LogP contribution in [0.25, 0.3) is 0 Å². The van der Waals surface area contributed by atoms with Gasteiger partial charge >= 0.3 is 5.97 Å². The van der Waals surface area contributed by atoms with Crippen LogP contribution < -0.4 is 5.32 Å². The fraction of sp³-hybridized carbons (Fsp3) is 0.222. The van der Waals surface area contributed by atoms with Crippen LogP contribution in [0.2, 0.25) is 0 Å². The number of carboxylic acids is 1. The molecule has 22 heavy (non-hydrogen) atoms. The number of aliphatic carboxylic acids is 1. The number of carbonyl (C=O) groups is 2. The average Bonchev–Trinajstić information content (AvgIpc) is 2.47. The predicted octanol–water partition coefficient (Wildman–Crippen LogP) is 3.25. The van der Waals surface area contributed by atoms with Gasteiger partial charge in [0.15, 0.2) is 0 Å². The van der Waals surface area contributed by atoms with E-state index in [2.05, 4.69) is 5.32 Å². The number of rotatable bonds is 5. The largest absolute Gasteiger partial charge is 0.481 e. The molecule has 1 atom stereocenters. The number of carboxylic acid groups (broad SMARTS) is 1. The molecule has 0 aliphatic rings. The number of benzene rings is 2. The fourth-order valence-electron chi connectivity index (χ4n) is 2.25. The van der Waals surface area contributed by atoms with Gasteiger partial charge in [0, 0.05) is 5.56 Å². The van der Waals surface area contributed by atoms with Crippen LogP contribution in [0, 0.1) is 13.8 Å². The van der Waals surface area contributed by atoms with E-state index in [1.807, 2.05) is 50.2 Å². The van der Waals surface area contributed by atoms with Crippen LogP contribution in [0.15, 0.2) is 48.5 Å². The highest BCUT2D eigenvalue weighted by molar-refractivity contribution is 5.94. The summed E-state index contributed by atoms with van der Waals surface area (Å²) in [5.74, 6) is -1.22. The molecule has 0 heterocycles. The van der Waals surface area contributed by atoms with Gasteiger partial charge in [-0.3, -0.25) is 9.59 Å². The molecule has 0 aliphatic carbocycles. The first-order chi connectivity index (χ1) is 10.5. The smallest absolute Gasteiger partial charge is 0.305 e. The summed E-state index contributed by atoms with van der Waals surface area (Å²) in [7, 11) is 0. The predicted molar refractivity (Wildman–Crippen MR) is 84.8 cm³/mol. The summed E-state index contributed by atoms with van der Waals surface area (Å²) >= 11 is 0. The SMILES string of the molecule is Cc1ccc(C(CC(=O)O)NC(=O)c2cccc(C)c2)cc1. The third kappa shape index (κ3) is 4.19. The number of nitrogens with one attached hydrogen (secondary N) is 1. The summed E-state index contributed by atoms with van der Waals surface area (Å²) < 4.78 is 0. The lowest BCUT2D eigenvalue weighted by molar-refractivity contribution is -0.137. The Morgan fingerprint density at radius 3 is 2.32 bits per heavy atom. The summed E-state index contributed by atoms with van der Waals surface area (Å²) in [6.45, 7) is 3.87. The number of hydrogen-bond donors (Lipinski definition) is 2. The summed E-state index contributed by atoms with van der Waals surface area (Å²) in [5, 5.41) is 11.9. The molecule has 2 aromatic carbocycles. The Labute approximate surface area is 129 Å². The molecule has 1 unspecified atom stereocenters. The Morgan fingerprint density at radius 1 is 1.05 bits per heavy atom. The first-order valence-corrected chi connectivity index (χ1v) is 7.11. The van der Waals surface area contributed by atoms with Crippen molar-refractivity contribution in [2.75, 3.05) is 0 Å². The van der Waals surface area contributed by atoms with Crippen LogP contribution in [0.4, 0.5) is 0 Å². The molecule has 0 aliphatic heterocycles. The number of hydrogen-bond acceptors (Lipinski definition) is 2. The van der Waals surface area contributed by atoms with Gasteiger partial charge in [0.1, 0.15) is 0 Å². The normalized spacial score (nSPS) is 11.7. The first kappa shape index (κ1) is 15.8. The highest BCUT2D eigenvalue weighted by Gasteiger charge is 2.18. The Bertz CT molecular complexity index is 677. The van der Waals surface area contributed by atoms with Gasteiger partial charge in [-0.25, -0.2) is 0 Å². The van der Waals surface area contributed by atoms with E-state index >= 15 is 0 Å². The van der Waals surface area contributed by atoms with Gasteiger partial charge in [-0.15, -0.1) is 0 Å². The molecule has 0 saturated heterocycles. The molecule has 0 fully saturated rings. The molecule has 0 radical (unpaired) electrons. The van der Waals surface area contributed by atoms with E-state index in [0.717, 1.165) is 16.7 Å². The lowest BCUT2D eigenvalue weighted by Gasteiger charge is -2.18. The van der Waals surface area contributed by atoms with Gasteiger partial charge in [-0.2, -0.15) is 0 Å². The molecule has 1 amide bonds. The Balaban J connectivity index is 2.21. The Kier molecular flexibility index (Phi) is 4.94. The molecule has 0 spiro atoms. The van der Waals surface area contributed by atoms with Crippen molar-refractivity contribution in [3.05, 3.63) is 70.8 Å². The molecule has 0 aromatic heterocycles. The van der Waals surface area contributed by atoms with Gasteiger partial charge in [-0.1, -0.05) is 47.5 Å². The Hall–Kier alpha value is -2.62. The van der Waals surface area contributed by atoms with Crippen LogP contribution in [0.1, 0.15) is 39.5 Å². The molecule has 114 valence electrons. The third-order valence-corrected chi connectivity index (χ3v) is 3.44. The van der Waals surface area contributed by atoms with Gasteiger partial charge in [0.2, 0.25) is 0 Å². The summed E-state index contributed by atoms with van der Waals surface area (Å²) in [4.78, 5) is 23.4. The van der Waals surface area contributed by atoms with Crippen molar-refractivity contribution in [2.45, 2.75) is 26.3 Å². The molecular formula is C18H19NO3. The minimum Gasteiger partial charge on any atom is -0.481 e. The summed E-state index contributed by atoms with van der Waals surface area (Å²) in [5.41, 5.74) is 3.39. The minimum atomic E-state index is -0.949. The maximum atomic E-state index is 12.3. The zero-order chi connectivity index (χ0) is 16.1. The highest BCUT2D eigenvalue weighted by atomic mass is 16.4. The average molecular weight is 297 g/mol. The summed E-state index contributed by atoms with van der Waals surface area (Å²) in [6.07, 6.45) is -0.152. The van der Waals surface area contributed by atoms with Crippen molar-refractivity contribution in [1.29, 1.82) is 0 Å². The fourth-order valence-corrected chi connectivity index (χ4v) is 2.25. The van der Waals surface area contributed by atoms with E-state index in [-0.39, 0.29) is 12.3 Å². The number of aryl methyl sites for hydroxylation is 2. The van der Waals surface area contributed by atoms with Gasteiger partial charge in [-0.05, 0) is 31.5 Å². The van der Waals surface area contributed by atoms with Crippen LogP contribution in [-0.2, 0) is 4.79 Å². The van der Waals surface area contributed by atoms with Crippen molar-refractivity contribution in [3.8, 4) is 0 Å². The van der Waals surface area contributed by atoms with Crippen LogP contribution in [-0.4, -0.2) is 17.0 Å². The molecule has 4 heteroatoms. The lowest BCUT2D eigenvalue weighted by Crippen LogP contribution is -2.30. The van der Waals surface area contributed by atoms with Crippen molar-refractivity contribution < 1.29 is 14.7 Å². The van der Waals surface area contributed by atoms with Crippen LogP contribution in [0.3, 0.4) is 0 Å². The first-order valence-electron chi connectivity index (χ1n) is 7.11. The van der Waals surface area contributed by atoms with Crippen molar-refractivity contribution in [3.63, 3.8) is 0 Å². The van der Waals surface area contributed by atoms with Gasteiger partial charge in [0.05, 0.1) is 12.5 Å². The van der Waals surface area contributed by atoms with E-state index in [4.69, 9.17) is 5.11 Å². The molecule has 0 saturated carbocycles. The van der Waals surface area contributed by atoms with Crippen molar-refractivity contribution in [1.82, 2.24) is 5.32 Å². The maximum Gasteiger partial charge on any atom is 0.305 e. The second kappa shape index (κ2) is 6.89. The zero-order valence-electron chi connectivity index (χ0n) is 12.7. The molecular weight excluding hydrogens is 278 g/mol. The highest BCUT2D eigenvalue weighted by Crippen LogP contribution is 2.18. The standard InChI is InChI=1S/C18H19NO3/c1-12-6-8-14(9-7-12)16(11-17(20)21)19-18(22)15-5-3-4-13(2)10-15/h3-10,16H,11H2,1-2H3,(H,19,22)(H,20,21). The second-order valence-corrected chi connectivity index (χ2v) is 5.40. The topological polar surface area (TPSA) is 66.4 Å². The molecule has 2 aromatic rings. The minimum absolute atomic E-state index is 0.152. The quantitative estimate of drug-likeness (QED) is 0.890. The van der Waals surface area contributed by atoms with Crippen LogP contribution >= 0.6 is 0 Å². The van der Waals surface area contributed by atoms with Crippen molar-refractivity contribution in [2.24, 2.45) is 0 Å². The lowest BCUT2D eigenvalue weighted by atomic mass is 10.0. The number of amides is 1. The monoisotopic (exact) mass is 297 g/mol. The van der Waals surface area contributed by atoms with E-state index in [1.54, 1.807) is 12.1 Å². The van der Waals surface area contributed by atoms with Gasteiger partial charge in [0.25, 0.3) is 5.91 Å². The molecule has 0 bridgehead atoms. The molecule has 2 N–H and O–H groups in total. The Morgan fingerprint density at radius 2 is 1.73 bits per heavy atom. The van der Waals surface area contributed by atoms with Crippen molar-refractivity contribution >= 4 is 11.9 Å². The maximum absolute atomic E-state index is 12.3. The van der Waals surface area contributed by atoms with E-state index < -0.39 is 12.0 Å². The summed E-state index contributed by atoms with van der Waals surface area (Å²) in [6, 6.07) is 14.2. The zero-order valence-corrected chi connectivity index (χ0v) is 12.7. The number of carbonyl (C=O) groups excluding carboxylic acids is 1. The third-order valence-electron chi connectivity index (χ3n) is 3.44. The van der Waals surface area contributed by atoms with Crippen LogP contribution in [0.5, 0.6) is 0 Å². The van der Waals surface area contributed by atoms with E-state index in [1.165, 1.54) is 0 Å². The molecule has 2 rings (SSSR count). The van der Waals surface area contributed by atoms with E-state index in [0.29, 0.717) is 5.56 Å². The second-order valence-electron chi connectivity index (χ2n) is 5.40. The van der Waals surface area contributed by atoms with E-state index in [9.17, 15) is 9.59 Å². The van der Waals surface area contributed by atoms with Gasteiger partial charge < -0.3 is 10.4 Å².